The van der Waals surface area contributed by atoms with E-state index >= 15 is 0 Å². The number of hydrogen-bond acceptors (Lipinski definition) is 2. The summed E-state index contributed by atoms with van der Waals surface area (Å²) in [5, 5.41) is 22.1. The second kappa shape index (κ2) is 6.24. The number of nitrogens with one attached hydrogen (secondary N) is 1. The molecule has 140 valence electrons. The first-order valence-electron chi connectivity index (χ1n) is 9.92. The Labute approximate surface area is 156 Å². The van der Waals surface area contributed by atoms with Crippen LogP contribution < -0.4 is 0 Å². The van der Waals surface area contributed by atoms with E-state index in [4.69, 9.17) is 0 Å². The topological polar surface area (TPSA) is 56.2 Å². The number of fused-ring (bicyclic) bond motifs is 2. The lowest BCUT2D eigenvalue weighted by Gasteiger charge is -2.60. The Morgan fingerprint density at radius 1 is 1.23 bits per heavy atom. The minimum absolute atomic E-state index is 0.0563. The van der Waals surface area contributed by atoms with Gasteiger partial charge in [0.25, 0.3) is 0 Å². The van der Waals surface area contributed by atoms with E-state index in [-0.39, 0.29) is 12.0 Å². The van der Waals surface area contributed by atoms with Crippen molar-refractivity contribution in [2.75, 3.05) is 6.61 Å². The molecule has 1 heterocycles. The SMILES string of the molecule is C=C1CCC2C(C)(CO)C(O)CCC2(C)C1Cc1c[nH]c2ccccc12. The maximum atomic E-state index is 10.6. The maximum absolute atomic E-state index is 10.6. The van der Waals surface area contributed by atoms with Crippen molar-refractivity contribution in [3.05, 3.63) is 48.2 Å². The predicted octanol–water partition coefficient (Wildman–Crippen LogP) is 4.45. The number of benzene rings is 1. The zero-order valence-electron chi connectivity index (χ0n) is 16.0. The molecule has 0 radical (unpaired) electrons. The molecule has 26 heavy (non-hydrogen) atoms. The zero-order chi connectivity index (χ0) is 18.5. The Bertz CT molecular complexity index is 824. The molecule has 5 atom stereocenters. The van der Waals surface area contributed by atoms with Crippen molar-refractivity contribution in [2.24, 2.45) is 22.7 Å². The lowest BCUT2D eigenvalue weighted by molar-refractivity contribution is -0.151. The molecule has 3 nitrogen and oxygen atoms in total. The Hall–Kier alpha value is -1.58. The van der Waals surface area contributed by atoms with Crippen molar-refractivity contribution < 1.29 is 10.2 Å². The summed E-state index contributed by atoms with van der Waals surface area (Å²) in [4.78, 5) is 3.40. The number of aromatic nitrogens is 1. The van der Waals surface area contributed by atoms with E-state index in [0.29, 0.717) is 11.8 Å². The van der Waals surface area contributed by atoms with Crippen molar-refractivity contribution in [3.8, 4) is 0 Å². The molecule has 3 N–H and O–H groups in total. The minimum atomic E-state index is -0.411. The molecule has 1 aromatic carbocycles. The third kappa shape index (κ3) is 2.48. The van der Waals surface area contributed by atoms with Crippen molar-refractivity contribution >= 4 is 10.9 Å². The summed E-state index contributed by atoms with van der Waals surface area (Å²) in [6.07, 6.45) is 6.50. The van der Waals surface area contributed by atoms with Gasteiger partial charge in [0.2, 0.25) is 0 Å². The molecule has 2 aliphatic rings. The van der Waals surface area contributed by atoms with Crippen molar-refractivity contribution in [1.82, 2.24) is 4.98 Å². The van der Waals surface area contributed by atoms with E-state index in [1.54, 1.807) is 0 Å². The molecule has 4 rings (SSSR count). The van der Waals surface area contributed by atoms with Gasteiger partial charge in [0.1, 0.15) is 0 Å². The number of allylic oxidation sites excluding steroid dienone is 1. The summed E-state index contributed by atoms with van der Waals surface area (Å²) in [6, 6.07) is 8.47. The highest BCUT2D eigenvalue weighted by atomic mass is 16.3. The average Bonchev–Trinajstić information content (AvgIpc) is 3.05. The van der Waals surface area contributed by atoms with Crippen LogP contribution in [-0.4, -0.2) is 27.9 Å². The monoisotopic (exact) mass is 353 g/mol. The number of H-pyrrole nitrogens is 1. The molecule has 0 spiro atoms. The molecule has 2 aromatic rings. The van der Waals surface area contributed by atoms with Crippen LogP contribution in [0, 0.1) is 22.7 Å². The van der Waals surface area contributed by atoms with E-state index in [2.05, 4.69) is 55.9 Å². The Kier molecular flexibility index (Phi) is 4.28. The number of aliphatic hydroxyl groups is 2. The molecular formula is C23H31NO2. The van der Waals surface area contributed by atoms with Gasteiger partial charge in [-0.05, 0) is 61.0 Å². The molecule has 2 aliphatic carbocycles. The van der Waals surface area contributed by atoms with Gasteiger partial charge in [-0.2, -0.15) is 0 Å². The molecule has 3 heteroatoms. The summed E-state index contributed by atoms with van der Waals surface area (Å²) in [5.74, 6) is 0.711. The van der Waals surface area contributed by atoms with Gasteiger partial charge in [0.05, 0.1) is 12.7 Å². The van der Waals surface area contributed by atoms with Gasteiger partial charge in [-0.1, -0.05) is 44.2 Å². The summed E-state index contributed by atoms with van der Waals surface area (Å²) >= 11 is 0. The fourth-order valence-electron chi connectivity index (χ4n) is 6.10. The molecule has 0 bridgehead atoms. The first-order valence-corrected chi connectivity index (χ1v) is 9.92. The van der Waals surface area contributed by atoms with Crippen LogP contribution in [0.25, 0.3) is 10.9 Å². The van der Waals surface area contributed by atoms with Gasteiger partial charge in [0.15, 0.2) is 0 Å². The van der Waals surface area contributed by atoms with Crippen LogP contribution in [0.15, 0.2) is 42.6 Å². The van der Waals surface area contributed by atoms with Crippen LogP contribution in [0.2, 0.25) is 0 Å². The average molecular weight is 354 g/mol. The Morgan fingerprint density at radius 3 is 2.77 bits per heavy atom. The molecule has 5 unspecified atom stereocenters. The molecule has 0 saturated heterocycles. The van der Waals surface area contributed by atoms with Gasteiger partial charge in [-0.25, -0.2) is 0 Å². The van der Waals surface area contributed by atoms with Gasteiger partial charge in [-0.15, -0.1) is 0 Å². The highest BCUT2D eigenvalue weighted by molar-refractivity contribution is 5.83. The summed E-state index contributed by atoms with van der Waals surface area (Å²) in [5.41, 5.74) is 3.54. The number of para-hydroxylation sites is 1. The number of rotatable bonds is 3. The molecule has 2 saturated carbocycles. The van der Waals surface area contributed by atoms with Gasteiger partial charge in [-0.3, -0.25) is 0 Å². The van der Waals surface area contributed by atoms with Gasteiger partial charge in [0, 0.05) is 22.5 Å². The Morgan fingerprint density at radius 2 is 2.00 bits per heavy atom. The highest BCUT2D eigenvalue weighted by Crippen LogP contribution is 2.61. The first-order chi connectivity index (χ1) is 12.4. The fraction of sp³-hybridized carbons (Fsp3) is 0.565. The van der Waals surface area contributed by atoms with E-state index < -0.39 is 11.5 Å². The molecule has 0 aliphatic heterocycles. The molecular weight excluding hydrogens is 322 g/mol. The highest BCUT2D eigenvalue weighted by Gasteiger charge is 2.57. The van der Waals surface area contributed by atoms with Crippen molar-refractivity contribution in [1.29, 1.82) is 0 Å². The molecule has 2 fully saturated rings. The third-order valence-electron chi connectivity index (χ3n) is 7.79. The molecule has 1 aromatic heterocycles. The lowest BCUT2D eigenvalue weighted by Crippen LogP contribution is -2.57. The summed E-state index contributed by atoms with van der Waals surface area (Å²) in [6.45, 7) is 8.96. The van der Waals surface area contributed by atoms with Crippen LogP contribution in [0.4, 0.5) is 0 Å². The van der Waals surface area contributed by atoms with E-state index in [1.165, 1.54) is 22.0 Å². The summed E-state index contributed by atoms with van der Waals surface area (Å²) in [7, 11) is 0. The first kappa shape index (κ1) is 17.8. The van der Waals surface area contributed by atoms with Crippen LogP contribution in [0.1, 0.15) is 45.1 Å². The van der Waals surface area contributed by atoms with Crippen molar-refractivity contribution in [3.63, 3.8) is 0 Å². The number of hydrogen-bond donors (Lipinski definition) is 3. The number of aromatic amines is 1. The number of aliphatic hydroxyl groups excluding tert-OH is 2. The standard InChI is InChI=1S/C23H31NO2/c1-15-8-9-20-22(2,11-10-21(26)23(20,3)14-25)18(15)12-16-13-24-19-7-5-4-6-17(16)19/h4-7,13,18,20-21,24-26H,1,8-12,14H2,2-3H3. The fourth-order valence-corrected chi connectivity index (χ4v) is 6.10. The van der Waals surface area contributed by atoms with Crippen LogP contribution >= 0.6 is 0 Å². The van der Waals surface area contributed by atoms with Crippen molar-refractivity contribution in [2.45, 2.75) is 52.1 Å². The second-order valence-corrected chi connectivity index (χ2v) is 9.09. The smallest absolute Gasteiger partial charge is 0.0618 e. The van der Waals surface area contributed by atoms with E-state index in [0.717, 1.165) is 32.1 Å². The second-order valence-electron chi connectivity index (χ2n) is 9.09. The zero-order valence-corrected chi connectivity index (χ0v) is 16.0. The third-order valence-corrected chi connectivity index (χ3v) is 7.79. The predicted molar refractivity (Wildman–Crippen MR) is 106 cm³/mol. The van der Waals surface area contributed by atoms with E-state index in [1.807, 2.05) is 0 Å². The van der Waals surface area contributed by atoms with Crippen LogP contribution in [-0.2, 0) is 6.42 Å². The Balaban J connectivity index is 1.72. The maximum Gasteiger partial charge on any atom is 0.0618 e. The lowest BCUT2D eigenvalue weighted by atomic mass is 9.46. The van der Waals surface area contributed by atoms with Gasteiger partial charge < -0.3 is 15.2 Å². The normalized spacial score (nSPS) is 37.7. The van der Waals surface area contributed by atoms with Crippen LogP contribution in [0.5, 0.6) is 0 Å². The minimum Gasteiger partial charge on any atom is -0.396 e. The summed E-state index contributed by atoms with van der Waals surface area (Å²) < 4.78 is 0. The quantitative estimate of drug-likeness (QED) is 0.714. The van der Waals surface area contributed by atoms with Gasteiger partial charge >= 0.3 is 0 Å². The van der Waals surface area contributed by atoms with E-state index in [9.17, 15) is 10.2 Å². The largest absolute Gasteiger partial charge is 0.396 e. The van der Waals surface area contributed by atoms with Crippen LogP contribution in [0.3, 0.4) is 0 Å². The molecule has 0 amide bonds.